The molecule has 0 saturated heterocycles. The summed E-state index contributed by atoms with van der Waals surface area (Å²) in [6.07, 6.45) is 0. The van der Waals surface area contributed by atoms with Crippen LogP contribution in [0.25, 0.3) is 0 Å². The largest absolute Gasteiger partial charge is 0.342 e. The van der Waals surface area contributed by atoms with E-state index in [1.54, 1.807) is 24.3 Å². The van der Waals surface area contributed by atoms with Crippen LogP contribution < -0.4 is 10.6 Å². The fourth-order valence-electron chi connectivity index (χ4n) is 3.16. The molecular formula is C23H26ClN5O2S. The van der Waals surface area contributed by atoms with Gasteiger partial charge in [0.1, 0.15) is 0 Å². The molecule has 0 aliphatic rings. The van der Waals surface area contributed by atoms with E-state index in [-0.39, 0.29) is 23.6 Å². The van der Waals surface area contributed by atoms with E-state index >= 15 is 0 Å². The van der Waals surface area contributed by atoms with Gasteiger partial charge in [-0.15, -0.1) is 10.2 Å². The number of hydrogen-bond acceptors (Lipinski definition) is 5. The van der Waals surface area contributed by atoms with Gasteiger partial charge < -0.3 is 15.2 Å². The van der Waals surface area contributed by atoms with Gasteiger partial charge in [0, 0.05) is 22.8 Å². The van der Waals surface area contributed by atoms with E-state index in [2.05, 4.69) is 20.8 Å². The summed E-state index contributed by atoms with van der Waals surface area (Å²) in [5, 5.41) is 15.6. The second-order valence-electron chi connectivity index (χ2n) is 7.44. The predicted octanol–water partition coefficient (Wildman–Crippen LogP) is 4.79. The highest BCUT2D eigenvalue weighted by Gasteiger charge is 2.20. The maximum absolute atomic E-state index is 12.5. The SMILES string of the molecule is CCn1c(SCC(=O)Nc2cc(C)ccc2C)nnc1[C@H](C)NC(=O)c1ccc(Cl)cc1. The van der Waals surface area contributed by atoms with Crippen molar-refractivity contribution in [3.8, 4) is 0 Å². The number of anilines is 1. The summed E-state index contributed by atoms with van der Waals surface area (Å²) < 4.78 is 1.91. The number of carbonyl (C=O) groups excluding carboxylic acids is 2. The first-order valence-electron chi connectivity index (χ1n) is 10.3. The zero-order chi connectivity index (χ0) is 23.3. The van der Waals surface area contributed by atoms with E-state index in [4.69, 9.17) is 11.6 Å². The number of benzene rings is 2. The molecule has 3 rings (SSSR count). The molecule has 0 aliphatic heterocycles. The minimum absolute atomic E-state index is 0.111. The summed E-state index contributed by atoms with van der Waals surface area (Å²) in [4.78, 5) is 25.0. The lowest BCUT2D eigenvalue weighted by molar-refractivity contribution is -0.113. The molecule has 0 bridgehead atoms. The van der Waals surface area contributed by atoms with E-state index < -0.39 is 0 Å². The monoisotopic (exact) mass is 471 g/mol. The highest BCUT2D eigenvalue weighted by molar-refractivity contribution is 7.99. The molecule has 0 unspecified atom stereocenters. The minimum atomic E-state index is -0.358. The quantitative estimate of drug-likeness (QED) is 0.461. The Labute approximate surface area is 197 Å². The summed E-state index contributed by atoms with van der Waals surface area (Å²) in [6, 6.07) is 12.3. The van der Waals surface area contributed by atoms with Gasteiger partial charge in [0.05, 0.1) is 11.8 Å². The van der Waals surface area contributed by atoms with Crippen LogP contribution in [0, 0.1) is 13.8 Å². The molecule has 1 aromatic heterocycles. The van der Waals surface area contributed by atoms with E-state index in [1.165, 1.54) is 11.8 Å². The lowest BCUT2D eigenvalue weighted by Crippen LogP contribution is -2.28. The summed E-state index contributed by atoms with van der Waals surface area (Å²) in [6.45, 7) is 8.39. The van der Waals surface area contributed by atoms with Crippen LogP contribution in [0.2, 0.25) is 5.02 Å². The Morgan fingerprint density at radius 3 is 2.53 bits per heavy atom. The Bertz CT molecular complexity index is 1110. The van der Waals surface area contributed by atoms with Gasteiger partial charge in [-0.25, -0.2) is 0 Å². The molecule has 0 radical (unpaired) electrons. The highest BCUT2D eigenvalue weighted by Crippen LogP contribution is 2.22. The highest BCUT2D eigenvalue weighted by atomic mass is 35.5. The molecule has 0 aliphatic carbocycles. The van der Waals surface area contributed by atoms with Crippen LogP contribution in [-0.4, -0.2) is 32.3 Å². The normalized spacial score (nSPS) is 11.8. The second kappa shape index (κ2) is 10.7. The molecule has 168 valence electrons. The van der Waals surface area contributed by atoms with Crippen LogP contribution in [-0.2, 0) is 11.3 Å². The molecular weight excluding hydrogens is 446 g/mol. The molecule has 2 N–H and O–H groups in total. The van der Waals surface area contributed by atoms with Gasteiger partial charge in [-0.3, -0.25) is 9.59 Å². The van der Waals surface area contributed by atoms with Gasteiger partial charge in [-0.2, -0.15) is 0 Å². The molecule has 32 heavy (non-hydrogen) atoms. The second-order valence-corrected chi connectivity index (χ2v) is 8.82. The molecule has 2 aromatic carbocycles. The molecule has 7 nitrogen and oxygen atoms in total. The summed E-state index contributed by atoms with van der Waals surface area (Å²) in [7, 11) is 0. The van der Waals surface area contributed by atoms with Crippen molar-refractivity contribution in [3.63, 3.8) is 0 Å². The van der Waals surface area contributed by atoms with Gasteiger partial charge in [0.2, 0.25) is 5.91 Å². The van der Waals surface area contributed by atoms with Crippen molar-refractivity contribution in [3.05, 3.63) is 70.0 Å². The number of rotatable bonds is 8. The fourth-order valence-corrected chi connectivity index (χ4v) is 4.09. The van der Waals surface area contributed by atoms with Crippen molar-refractivity contribution in [2.45, 2.75) is 45.4 Å². The number of carbonyl (C=O) groups is 2. The fraction of sp³-hybridized carbons (Fsp3) is 0.304. The van der Waals surface area contributed by atoms with Crippen LogP contribution in [0.4, 0.5) is 5.69 Å². The first-order valence-corrected chi connectivity index (χ1v) is 11.6. The Morgan fingerprint density at radius 2 is 1.84 bits per heavy atom. The van der Waals surface area contributed by atoms with Crippen LogP contribution >= 0.6 is 23.4 Å². The molecule has 0 fully saturated rings. The predicted molar refractivity (Wildman–Crippen MR) is 128 cm³/mol. The molecule has 1 atom stereocenters. The zero-order valence-electron chi connectivity index (χ0n) is 18.5. The number of nitrogens with one attached hydrogen (secondary N) is 2. The van der Waals surface area contributed by atoms with Crippen LogP contribution in [0.3, 0.4) is 0 Å². The average molecular weight is 472 g/mol. The maximum Gasteiger partial charge on any atom is 0.251 e. The summed E-state index contributed by atoms with van der Waals surface area (Å²) in [5.74, 6) is 0.506. The van der Waals surface area contributed by atoms with Crippen molar-refractivity contribution in [1.29, 1.82) is 0 Å². The number of hydrogen-bond donors (Lipinski definition) is 2. The van der Waals surface area contributed by atoms with E-state index in [1.807, 2.05) is 50.5 Å². The van der Waals surface area contributed by atoms with E-state index in [0.717, 1.165) is 16.8 Å². The van der Waals surface area contributed by atoms with Crippen molar-refractivity contribution in [2.24, 2.45) is 0 Å². The zero-order valence-corrected chi connectivity index (χ0v) is 20.0. The topological polar surface area (TPSA) is 88.9 Å². The lowest BCUT2D eigenvalue weighted by atomic mass is 10.1. The lowest BCUT2D eigenvalue weighted by Gasteiger charge is -2.15. The molecule has 0 spiro atoms. The van der Waals surface area contributed by atoms with E-state index in [0.29, 0.717) is 28.1 Å². The first-order chi connectivity index (χ1) is 15.3. The standard InChI is InChI=1S/C23H26ClN5O2S/c1-5-29-21(16(4)25-22(31)17-8-10-18(24)11-9-17)27-28-23(29)32-13-20(30)26-19-12-14(2)6-7-15(19)3/h6-12,16H,5,13H2,1-4H3,(H,25,31)(H,26,30)/t16-/m0/s1. The molecule has 0 saturated carbocycles. The number of thioether (sulfide) groups is 1. The van der Waals surface area contributed by atoms with Crippen molar-refractivity contribution in [1.82, 2.24) is 20.1 Å². The number of aryl methyl sites for hydroxylation is 2. The van der Waals surface area contributed by atoms with Crippen molar-refractivity contribution < 1.29 is 9.59 Å². The van der Waals surface area contributed by atoms with Gasteiger partial charge in [-0.1, -0.05) is 35.5 Å². The van der Waals surface area contributed by atoms with Crippen molar-refractivity contribution in [2.75, 3.05) is 11.1 Å². The molecule has 3 aromatic rings. The van der Waals surface area contributed by atoms with Gasteiger partial charge in [0.25, 0.3) is 5.91 Å². The number of halogens is 1. The summed E-state index contributed by atoms with van der Waals surface area (Å²) in [5.41, 5.74) is 3.43. The average Bonchev–Trinajstić information content (AvgIpc) is 3.18. The third-order valence-electron chi connectivity index (χ3n) is 4.90. The third kappa shape index (κ3) is 5.89. The molecule has 1 heterocycles. The Morgan fingerprint density at radius 1 is 1.12 bits per heavy atom. The number of amides is 2. The first kappa shape index (κ1) is 23.8. The van der Waals surface area contributed by atoms with Gasteiger partial charge in [0.15, 0.2) is 11.0 Å². The van der Waals surface area contributed by atoms with E-state index in [9.17, 15) is 9.59 Å². The van der Waals surface area contributed by atoms with Gasteiger partial charge in [-0.05, 0) is 69.2 Å². The number of nitrogens with zero attached hydrogens (tertiary/aromatic N) is 3. The third-order valence-corrected chi connectivity index (χ3v) is 6.12. The maximum atomic E-state index is 12.5. The minimum Gasteiger partial charge on any atom is -0.342 e. The number of aromatic nitrogens is 3. The van der Waals surface area contributed by atoms with Crippen LogP contribution in [0.5, 0.6) is 0 Å². The van der Waals surface area contributed by atoms with Crippen LogP contribution in [0.15, 0.2) is 47.6 Å². The van der Waals surface area contributed by atoms with Crippen molar-refractivity contribution >= 4 is 40.9 Å². The molecule has 9 heteroatoms. The molecule has 2 amide bonds. The summed E-state index contributed by atoms with van der Waals surface area (Å²) >= 11 is 7.20. The smallest absolute Gasteiger partial charge is 0.251 e. The Hall–Kier alpha value is -2.84. The van der Waals surface area contributed by atoms with Crippen LogP contribution in [0.1, 0.15) is 47.2 Å². The van der Waals surface area contributed by atoms with Gasteiger partial charge >= 0.3 is 0 Å². The Balaban J connectivity index is 1.63. The Kier molecular flexibility index (Phi) is 7.93.